The fourth-order valence-corrected chi connectivity index (χ4v) is 7.62. The fraction of sp³-hybridized carbons (Fsp3) is 1.00. The second-order valence-electron chi connectivity index (χ2n) is 6.77. The van der Waals surface area contributed by atoms with Crippen molar-refractivity contribution in [2.45, 2.75) is 51.4 Å². The summed E-state index contributed by atoms with van der Waals surface area (Å²) in [5.74, 6) is 10.4. The first kappa shape index (κ1) is 21.6. The number of hydrogen-bond acceptors (Lipinski definition) is 6. The van der Waals surface area contributed by atoms with Crippen molar-refractivity contribution < 1.29 is 0 Å². The van der Waals surface area contributed by atoms with Crippen molar-refractivity contribution in [3.05, 3.63) is 0 Å². The molecule has 0 bridgehead atoms. The Morgan fingerprint density at radius 3 is 1.04 bits per heavy atom. The molecule has 0 atom stereocenters. The molecule has 2 aliphatic heterocycles. The number of thioether (sulfide) groups is 4. The molecule has 0 amide bonds. The van der Waals surface area contributed by atoms with Crippen LogP contribution in [0.1, 0.15) is 51.4 Å². The Bertz CT molecular complexity index is 250. The Morgan fingerprint density at radius 1 is 0.417 bits per heavy atom. The summed E-state index contributed by atoms with van der Waals surface area (Å²) in [5.41, 5.74) is 0. The van der Waals surface area contributed by atoms with Gasteiger partial charge in [-0.3, -0.25) is 9.80 Å². The third-order valence-corrected chi connectivity index (χ3v) is 9.22. The molecule has 2 fully saturated rings. The van der Waals surface area contributed by atoms with Gasteiger partial charge in [-0.15, -0.1) is 47.0 Å². The maximum atomic E-state index is 2.64. The average Bonchev–Trinajstić information content (AvgIpc) is 3.01. The lowest BCUT2D eigenvalue weighted by molar-refractivity contribution is 0.359. The first-order valence-electron chi connectivity index (χ1n) is 9.71. The molecule has 2 aliphatic rings. The van der Waals surface area contributed by atoms with E-state index in [4.69, 9.17) is 0 Å². The molecule has 0 radical (unpaired) electrons. The molecule has 24 heavy (non-hydrogen) atoms. The first-order chi connectivity index (χ1) is 11.9. The van der Waals surface area contributed by atoms with Crippen LogP contribution in [0.4, 0.5) is 0 Å². The second kappa shape index (κ2) is 15.4. The number of unbranched alkanes of at least 4 members (excludes halogenated alkanes) is 7. The van der Waals surface area contributed by atoms with Gasteiger partial charge >= 0.3 is 0 Å². The van der Waals surface area contributed by atoms with Gasteiger partial charge in [-0.25, -0.2) is 0 Å². The van der Waals surface area contributed by atoms with Crippen molar-refractivity contribution in [1.29, 1.82) is 0 Å². The molecular formula is C18H36N2S4. The van der Waals surface area contributed by atoms with Crippen LogP contribution in [0, 0.1) is 0 Å². The van der Waals surface area contributed by atoms with Crippen molar-refractivity contribution in [2.24, 2.45) is 0 Å². The van der Waals surface area contributed by atoms with Crippen LogP contribution < -0.4 is 0 Å². The zero-order valence-corrected chi connectivity index (χ0v) is 18.5. The first-order valence-corrected chi connectivity index (χ1v) is 14.3. The van der Waals surface area contributed by atoms with Crippen LogP contribution in [-0.2, 0) is 0 Å². The summed E-state index contributed by atoms with van der Waals surface area (Å²) in [6, 6.07) is 0. The third kappa shape index (κ3) is 11.1. The lowest BCUT2D eigenvalue weighted by Gasteiger charge is -2.18. The standard InChI is InChI=1S/C18H36N2S4/c1(3-5-7-9-19-15-21-11-12-22-16-19)2-4-6-8-10-20-17-23-13-14-24-18-20/h1-18H2. The van der Waals surface area contributed by atoms with Crippen molar-refractivity contribution in [1.82, 2.24) is 9.80 Å². The van der Waals surface area contributed by atoms with Gasteiger partial charge in [0.25, 0.3) is 0 Å². The quantitative estimate of drug-likeness (QED) is 0.413. The second-order valence-corrected chi connectivity index (χ2v) is 11.1. The highest BCUT2D eigenvalue weighted by Crippen LogP contribution is 2.19. The zero-order valence-electron chi connectivity index (χ0n) is 15.3. The summed E-state index contributed by atoms with van der Waals surface area (Å²) in [5, 5.41) is 0. The summed E-state index contributed by atoms with van der Waals surface area (Å²) in [6.07, 6.45) is 11.5. The van der Waals surface area contributed by atoms with Crippen LogP contribution in [0.2, 0.25) is 0 Å². The minimum atomic E-state index is 1.26. The Balaban J connectivity index is 1.31. The van der Waals surface area contributed by atoms with E-state index in [1.54, 1.807) is 0 Å². The molecule has 0 aromatic carbocycles. The van der Waals surface area contributed by atoms with E-state index in [0.29, 0.717) is 0 Å². The largest absolute Gasteiger partial charge is 0.285 e. The lowest BCUT2D eigenvalue weighted by atomic mass is 10.1. The van der Waals surface area contributed by atoms with Gasteiger partial charge in [-0.05, 0) is 25.9 Å². The SMILES string of the molecule is C(CCCCCN1CSCCSC1)CCCCN1CSCCSC1. The molecule has 142 valence electrons. The highest BCUT2D eigenvalue weighted by atomic mass is 32.2. The minimum absolute atomic E-state index is 1.26. The normalized spacial score (nSPS) is 21.5. The van der Waals surface area contributed by atoms with Gasteiger partial charge in [0.1, 0.15) is 0 Å². The van der Waals surface area contributed by atoms with E-state index in [0.717, 1.165) is 0 Å². The number of rotatable bonds is 11. The summed E-state index contributed by atoms with van der Waals surface area (Å²) >= 11 is 8.45. The lowest BCUT2D eigenvalue weighted by Crippen LogP contribution is -2.23. The molecular weight excluding hydrogens is 372 g/mol. The van der Waals surface area contributed by atoms with Gasteiger partial charge < -0.3 is 0 Å². The van der Waals surface area contributed by atoms with Crippen molar-refractivity contribution in [3.63, 3.8) is 0 Å². The highest BCUT2D eigenvalue weighted by molar-refractivity contribution is 8.03. The van der Waals surface area contributed by atoms with E-state index in [1.165, 1.54) is 111 Å². The topological polar surface area (TPSA) is 6.48 Å². The fourth-order valence-electron chi connectivity index (χ4n) is 3.07. The monoisotopic (exact) mass is 408 g/mol. The van der Waals surface area contributed by atoms with Gasteiger partial charge in [0, 0.05) is 46.5 Å². The molecule has 0 saturated carbocycles. The Hall–Kier alpha value is 1.32. The van der Waals surface area contributed by atoms with Crippen LogP contribution in [0.15, 0.2) is 0 Å². The molecule has 2 heterocycles. The van der Waals surface area contributed by atoms with Crippen LogP contribution >= 0.6 is 47.0 Å². The van der Waals surface area contributed by atoms with Gasteiger partial charge in [-0.2, -0.15) is 0 Å². The third-order valence-electron chi connectivity index (χ3n) is 4.54. The Kier molecular flexibility index (Phi) is 13.9. The van der Waals surface area contributed by atoms with E-state index >= 15 is 0 Å². The van der Waals surface area contributed by atoms with Gasteiger partial charge in [0.15, 0.2) is 0 Å². The van der Waals surface area contributed by atoms with Crippen LogP contribution in [0.25, 0.3) is 0 Å². The summed E-state index contributed by atoms with van der Waals surface area (Å²) in [4.78, 5) is 5.28. The van der Waals surface area contributed by atoms with Crippen LogP contribution in [0.3, 0.4) is 0 Å². The molecule has 0 aliphatic carbocycles. The van der Waals surface area contributed by atoms with Crippen molar-refractivity contribution >= 4 is 47.0 Å². The van der Waals surface area contributed by atoms with E-state index in [9.17, 15) is 0 Å². The van der Waals surface area contributed by atoms with Gasteiger partial charge in [0.05, 0.1) is 0 Å². The van der Waals surface area contributed by atoms with Gasteiger partial charge in [0.2, 0.25) is 0 Å². The average molecular weight is 409 g/mol. The predicted molar refractivity (Wildman–Crippen MR) is 120 cm³/mol. The molecule has 2 saturated heterocycles. The zero-order chi connectivity index (χ0) is 16.7. The van der Waals surface area contributed by atoms with E-state index < -0.39 is 0 Å². The molecule has 0 spiro atoms. The summed E-state index contributed by atoms with van der Waals surface area (Å²) < 4.78 is 0. The minimum Gasteiger partial charge on any atom is -0.285 e. The molecule has 2 rings (SSSR count). The van der Waals surface area contributed by atoms with Crippen molar-refractivity contribution in [3.8, 4) is 0 Å². The molecule has 0 unspecified atom stereocenters. The molecule has 6 heteroatoms. The molecule has 0 aromatic heterocycles. The number of nitrogens with zero attached hydrogens (tertiary/aromatic N) is 2. The molecule has 2 nitrogen and oxygen atoms in total. The smallest absolute Gasteiger partial charge is 0.0452 e. The van der Waals surface area contributed by atoms with E-state index in [-0.39, 0.29) is 0 Å². The molecule has 0 aromatic rings. The van der Waals surface area contributed by atoms with Crippen LogP contribution in [0.5, 0.6) is 0 Å². The van der Waals surface area contributed by atoms with Crippen LogP contribution in [-0.4, -0.2) is 69.4 Å². The van der Waals surface area contributed by atoms with E-state index in [2.05, 4.69) is 56.8 Å². The summed E-state index contributed by atoms with van der Waals surface area (Å²) in [7, 11) is 0. The number of hydrogen-bond donors (Lipinski definition) is 0. The predicted octanol–water partition coefficient (Wildman–Crippen LogP) is 5.50. The maximum Gasteiger partial charge on any atom is 0.0452 e. The van der Waals surface area contributed by atoms with Crippen molar-refractivity contribution in [2.75, 3.05) is 59.6 Å². The highest BCUT2D eigenvalue weighted by Gasteiger charge is 2.09. The molecule has 0 N–H and O–H groups in total. The Morgan fingerprint density at radius 2 is 0.708 bits per heavy atom. The van der Waals surface area contributed by atoms with Gasteiger partial charge in [-0.1, -0.05) is 38.5 Å². The maximum absolute atomic E-state index is 2.64. The Labute approximate surface area is 167 Å². The van der Waals surface area contributed by atoms with E-state index in [1.807, 2.05) is 0 Å². The summed E-state index contributed by atoms with van der Waals surface area (Å²) in [6.45, 7) is 2.65.